The molecule has 2 amide bonds. The molecule has 336 valence electrons. The Labute approximate surface area is 371 Å². The molecule has 65 heavy (non-hydrogen) atoms. The quantitative estimate of drug-likeness (QED) is 0.0523. The first kappa shape index (κ1) is 41.9. The zero-order chi connectivity index (χ0) is 45.7. The first-order valence-electron chi connectivity index (χ1n) is 21.7. The van der Waals surface area contributed by atoms with Crippen molar-refractivity contribution in [1.29, 1.82) is 0 Å². The number of aromatic hydroxyl groups is 2. The number of non-ortho nitro benzene ring substituents is 2. The van der Waals surface area contributed by atoms with Gasteiger partial charge in [0.25, 0.3) is 11.4 Å². The molecule has 18 nitrogen and oxygen atoms in total. The maximum atomic E-state index is 15.7. The third-order valence-electron chi connectivity index (χ3n) is 15.0. The standard InChI is InChI=1S/C47H46N6O12/c1-64-38-16-10-24(19-35(38)55)40-32-7-3-5-17-50(32)47(29-22-27(53(62)63)12-14-31(29)49-45(47)59)43(40)37(57)23-36(56)41-33-8-4-6-18-51(33)46(42(41)25-9-15-34(54)39(20-25)65-2)28-21-26(52(60)61)11-13-30(28)48-44(46)58/h9-16,19-23,32-33,40-43,54-55,57H,3-8,17-18H2,1-2H3,(H,48,58)(H,49,59)/b37-23-. The fraction of sp³-hybridized carbons (Fsp3) is 0.383. The van der Waals surface area contributed by atoms with Gasteiger partial charge in [0, 0.05) is 82.7 Å². The Morgan fingerprint density at radius 2 is 1.29 bits per heavy atom. The molecule has 4 fully saturated rings. The van der Waals surface area contributed by atoms with Gasteiger partial charge < -0.3 is 35.4 Å². The average Bonchev–Trinajstić information content (AvgIpc) is 3.98. The molecule has 4 aromatic carbocycles. The number of fused-ring (bicyclic) bond motifs is 8. The van der Waals surface area contributed by atoms with Crippen molar-refractivity contribution in [2.75, 3.05) is 37.9 Å². The molecular formula is C47H46N6O12. The lowest BCUT2D eigenvalue weighted by Gasteiger charge is -2.41. The second kappa shape index (κ2) is 15.3. The normalized spacial score (nSPS) is 29.2. The number of rotatable bonds is 9. The fourth-order valence-corrected chi connectivity index (χ4v) is 12.6. The summed E-state index contributed by atoms with van der Waals surface area (Å²) in [5.41, 5.74) is -1.73. The van der Waals surface area contributed by atoms with E-state index in [0.29, 0.717) is 73.3 Å². The number of ketones is 1. The lowest BCUT2D eigenvalue weighted by Crippen LogP contribution is -2.54. The highest BCUT2D eigenvalue weighted by molar-refractivity contribution is 6.09. The van der Waals surface area contributed by atoms with Gasteiger partial charge in [-0.05, 0) is 86.3 Å². The summed E-state index contributed by atoms with van der Waals surface area (Å²) in [6.45, 7) is 0.733. The van der Waals surface area contributed by atoms with Gasteiger partial charge in [-0.2, -0.15) is 0 Å². The van der Waals surface area contributed by atoms with Crippen molar-refractivity contribution < 1.29 is 49.0 Å². The van der Waals surface area contributed by atoms with E-state index in [2.05, 4.69) is 10.6 Å². The number of benzene rings is 4. The average molecular weight is 887 g/mol. The predicted octanol–water partition coefficient (Wildman–Crippen LogP) is 6.47. The lowest BCUT2D eigenvalue weighted by molar-refractivity contribution is -0.385. The summed E-state index contributed by atoms with van der Waals surface area (Å²) < 4.78 is 10.9. The minimum atomic E-state index is -1.76. The third kappa shape index (κ3) is 5.88. The van der Waals surface area contributed by atoms with E-state index in [-0.39, 0.29) is 39.9 Å². The Hall–Kier alpha value is -7.05. The van der Waals surface area contributed by atoms with Crippen LogP contribution in [0.4, 0.5) is 22.7 Å². The smallest absolute Gasteiger partial charge is 0.269 e. The number of piperidine rings is 2. The Kier molecular flexibility index (Phi) is 9.87. The molecule has 0 aliphatic carbocycles. The van der Waals surface area contributed by atoms with Gasteiger partial charge in [-0.1, -0.05) is 25.0 Å². The Morgan fingerprint density at radius 3 is 1.89 bits per heavy atom. The minimum absolute atomic E-state index is 0.0694. The number of phenols is 2. The number of carbonyl (C=O) groups is 3. The van der Waals surface area contributed by atoms with Crippen LogP contribution in [0.15, 0.2) is 84.6 Å². The van der Waals surface area contributed by atoms with Crippen LogP contribution in [0.3, 0.4) is 0 Å². The van der Waals surface area contributed by atoms with Crippen LogP contribution in [-0.2, 0) is 25.5 Å². The van der Waals surface area contributed by atoms with Crippen LogP contribution in [-0.4, -0.2) is 92.0 Å². The highest BCUT2D eigenvalue weighted by atomic mass is 16.6. The largest absolute Gasteiger partial charge is 0.512 e. The topological polar surface area (TPSA) is 247 Å². The van der Waals surface area contributed by atoms with Crippen molar-refractivity contribution in [3.63, 3.8) is 0 Å². The zero-order valence-electron chi connectivity index (χ0n) is 35.4. The van der Waals surface area contributed by atoms with Crippen molar-refractivity contribution in [2.24, 2.45) is 11.8 Å². The molecule has 6 heterocycles. The first-order chi connectivity index (χ1) is 31.3. The van der Waals surface area contributed by atoms with Crippen LogP contribution in [0.2, 0.25) is 0 Å². The number of phenolic OH excluding ortho intramolecular Hbond substituents is 2. The molecular weight excluding hydrogens is 841 g/mol. The van der Waals surface area contributed by atoms with Crippen molar-refractivity contribution in [3.8, 4) is 23.0 Å². The van der Waals surface area contributed by atoms with Crippen LogP contribution in [0.25, 0.3) is 0 Å². The molecule has 8 unspecified atom stereocenters. The Morgan fingerprint density at radius 1 is 0.723 bits per heavy atom. The van der Waals surface area contributed by atoms with E-state index in [1.165, 1.54) is 62.8 Å². The number of nitrogens with one attached hydrogen (secondary N) is 2. The molecule has 0 saturated carbocycles. The lowest BCUT2D eigenvalue weighted by atomic mass is 9.68. The molecule has 0 bridgehead atoms. The molecule has 4 aromatic rings. The van der Waals surface area contributed by atoms with Gasteiger partial charge in [0.2, 0.25) is 11.8 Å². The van der Waals surface area contributed by atoms with Crippen molar-refractivity contribution >= 4 is 40.3 Å². The molecule has 2 spiro atoms. The van der Waals surface area contributed by atoms with Crippen molar-refractivity contribution in [1.82, 2.24) is 9.80 Å². The molecule has 6 aliphatic heterocycles. The van der Waals surface area contributed by atoms with E-state index in [1.54, 1.807) is 24.3 Å². The van der Waals surface area contributed by atoms with Gasteiger partial charge in [0.15, 0.2) is 28.8 Å². The van der Waals surface area contributed by atoms with E-state index in [1.807, 2.05) is 9.80 Å². The highest BCUT2D eigenvalue weighted by Crippen LogP contribution is 2.64. The predicted molar refractivity (Wildman–Crippen MR) is 233 cm³/mol. The molecule has 0 radical (unpaired) electrons. The molecule has 5 N–H and O–H groups in total. The molecule has 6 aliphatic rings. The molecule has 8 atom stereocenters. The van der Waals surface area contributed by atoms with E-state index < -0.39 is 80.0 Å². The SMILES string of the molecule is COc1ccc(C2C3CCCCN3C3(C(=O)Nc4ccc([N+](=O)[O-])cc43)C2/C(O)=C/C(=O)C2C3CCCCN3C3(C(=O)Nc4ccc([N+](=O)[O-])cc43)C2c2ccc(O)c(OC)c2)cc1O. The highest BCUT2D eigenvalue weighted by Gasteiger charge is 2.70. The first-order valence-corrected chi connectivity index (χ1v) is 21.7. The van der Waals surface area contributed by atoms with Gasteiger partial charge in [-0.25, -0.2) is 0 Å². The summed E-state index contributed by atoms with van der Waals surface area (Å²) >= 11 is 0. The molecule has 0 aromatic heterocycles. The molecule has 10 rings (SSSR count). The van der Waals surface area contributed by atoms with Gasteiger partial charge in [-0.3, -0.25) is 44.4 Å². The van der Waals surface area contributed by atoms with Crippen LogP contribution >= 0.6 is 0 Å². The third-order valence-corrected chi connectivity index (χ3v) is 15.0. The van der Waals surface area contributed by atoms with Crippen LogP contribution in [0.1, 0.15) is 72.6 Å². The zero-order valence-corrected chi connectivity index (χ0v) is 35.4. The fourth-order valence-electron chi connectivity index (χ4n) is 12.6. The number of anilines is 2. The molecule has 18 heteroatoms. The Balaban J connectivity index is 1.20. The monoisotopic (exact) mass is 886 g/mol. The van der Waals surface area contributed by atoms with Crippen molar-refractivity contribution in [3.05, 3.63) is 127 Å². The number of hydrogen-bond donors (Lipinski definition) is 5. The van der Waals surface area contributed by atoms with Gasteiger partial charge in [-0.15, -0.1) is 0 Å². The maximum Gasteiger partial charge on any atom is 0.269 e. The van der Waals surface area contributed by atoms with Crippen LogP contribution < -0.4 is 20.1 Å². The number of aliphatic hydroxyl groups is 1. The number of ether oxygens (including phenoxy) is 2. The number of amides is 2. The van der Waals surface area contributed by atoms with Crippen molar-refractivity contribution in [2.45, 2.75) is 73.5 Å². The van der Waals surface area contributed by atoms with Crippen LogP contribution in [0.5, 0.6) is 23.0 Å². The van der Waals surface area contributed by atoms with Gasteiger partial charge in [0.05, 0.1) is 30.0 Å². The van der Waals surface area contributed by atoms with E-state index >= 15 is 4.79 Å². The number of hydrogen-bond acceptors (Lipinski definition) is 14. The number of allylic oxidation sites excluding steroid dienone is 1. The Bertz CT molecular complexity index is 2760. The summed E-state index contributed by atoms with van der Waals surface area (Å²) in [6, 6.07) is 16.6. The number of nitro groups is 2. The van der Waals surface area contributed by atoms with Gasteiger partial charge in [0.1, 0.15) is 16.8 Å². The van der Waals surface area contributed by atoms with E-state index in [4.69, 9.17) is 9.47 Å². The number of methoxy groups -OCH3 is 2. The summed E-state index contributed by atoms with van der Waals surface area (Å²) in [4.78, 5) is 73.0. The number of carbonyl (C=O) groups excluding carboxylic acids is 3. The van der Waals surface area contributed by atoms with E-state index in [9.17, 15) is 45.1 Å². The maximum absolute atomic E-state index is 15.7. The minimum Gasteiger partial charge on any atom is -0.512 e. The van der Waals surface area contributed by atoms with Gasteiger partial charge >= 0.3 is 0 Å². The second-order valence-corrected chi connectivity index (χ2v) is 17.8. The summed E-state index contributed by atoms with van der Waals surface area (Å²) in [5, 5.41) is 65.4. The summed E-state index contributed by atoms with van der Waals surface area (Å²) in [5.74, 6) is -6.35. The van der Waals surface area contributed by atoms with E-state index in [0.717, 1.165) is 12.5 Å². The number of nitro benzene ring substituents is 2. The summed E-state index contributed by atoms with van der Waals surface area (Å²) in [6.07, 6.45) is 4.92. The number of aliphatic hydroxyl groups excluding tert-OH is 1. The summed E-state index contributed by atoms with van der Waals surface area (Å²) in [7, 11) is 2.78. The molecule has 4 saturated heterocycles. The van der Waals surface area contributed by atoms with Crippen LogP contribution in [0, 0.1) is 32.1 Å². The number of nitrogens with zero attached hydrogens (tertiary/aromatic N) is 4. The second-order valence-electron chi connectivity index (χ2n) is 17.8.